The maximum absolute atomic E-state index is 5.41. The number of aryl methyl sites for hydroxylation is 1. The molecule has 5 heterocycles. The molecule has 0 unspecified atom stereocenters. The molecule has 5 rings (SSSR count). The van der Waals surface area contributed by atoms with Gasteiger partial charge in [0.25, 0.3) is 0 Å². The minimum Gasteiger partial charge on any atom is -0.378 e. The fourth-order valence-electron chi connectivity index (χ4n) is 3.91. The molecule has 0 aliphatic carbocycles. The van der Waals surface area contributed by atoms with Gasteiger partial charge in [-0.1, -0.05) is 0 Å². The first-order valence-corrected chi connectivity index (χ1v) is 10.0. The molecule has 2 saturated heterocycles. The van der Waals surface area contributed by atoms with Gasteiger partial charge >= 0.3 is 0 Å². The van der Waals surface area contributed by atoms with E-state index in [-0.39, 0.29) is 0 Å². The summed E-state index contributed by atoms with van der Waals surface area (Å²) in [4.78, 5) is 20.2. The van der Waals surface area contributed by atoms with Gasteiger partial charge in [0.05, 0.1) is 24.9 Å². The van der Waals surface area contributed by atoms with Crippen molar-refractivity contribution in [3.05, 3.63) is 36.4 Å². The largest absolute Gasteiger partial charge is 0.378 e. The van der Waals surface area contributed by atoms with Gasteiger partial charge in [0, 0.05) is 50.9 Å². The van der Waals surface area contributed by atoms with Gasteiger partial charge < -0.3 is 19.4 Å². The third-order valence-corrected chi connectivity index (χ3v) is 5.47. The Morgan fingerprint density at radius 2 is 1.45 bits per heavy atom. The lowest BCUT2D eigenvalue weighted by atomic mass is 10.2. The van der Waals surface area contributed by atoms with Gasteiger partial charge in [-0.15, -0.1) is 10.2 Å². The second kappa shape index (κ2) is 7.75. The Bertz CT molecular complexity index is 981. The molecule has 2 aliphatic heterocycles. The molecule has 2 fully saturated rings. The molecule has 9 heteroatoms. The first kappa shape index (κ1) is 18.0. The summed E-state index contributed by atoms with van der Waals surface area (Å²) in [6.07, 6.45) is 3.60. The molecule has 0 atom stereocenters. The number of fused-ring (bicyclic) bond motifs is 1. The number of piperazine rings is 1. The number of hydrogen-bond acceptors (Lipinski definition) is 9. The van der Waals surface area contributed by atoms with Gasteiger partial charge in [0.2, 0.25) is 0 Å². The van der Waals surface area contributed by atoms with Crippen molar-refractivity contribution in [2.75, 3.05) is 67.2 Å². The average Bonchev–Trinajstić information content (AvgIpc) is 2.79. The van der Waals surface area contributed by atoms with Crippen LogP contribution in [0.5, 0.6) is 0 Å². The molecule has 0 radical (unpaired) electrons. The maximum atomic E-state index is 5.41. The van der Waals surface area contributed by atoms with Crippen LogP contribution in [0.15, 0.2) is 30.6 Å². The first-order valence-electron chi connectivity index (χ1n) is 10.0. The van der Waals surface area contributed by atoms with Gasteiger partial charge in [0.1, 0.15) is 11.6 Å². The van der Waals surface area contributed by atoms with Crippen molar-refractivity contribution in [1.82, 2.24) is 25.1 Å². The van der Waals surface area contributed by atoms with Crippen LogP contribution < -0.4 is 14.7 Å². The van der Waals surface area contributed by atoms with E-state index in [0.717, 1.165) is 86.7 Å². The Hall–Kier alpha value is -3.07. The number of pyridine rings is 1. The monoisotopic (exact) mass is 392 g/mol. The summed E-state index contributed by atoms with van der Waals surface area (Å²) in [5, 5.41) is 9.97. The third-order valence-electron chi connectivity index (χ3n) is 5.47. The summed E-state index contributed by atoms with van der Waals surface area (Å²) in [6.45, 7) is 8.67. The van der Waals surface area contributed by atoms with Crippen LogP contribution in [0.1, 0.15) is 5.82 Å². The summed E-state index contributed by atoms with van der Waals surface area (Å²) in [6, 6.07) is 6.13. The van der Waals surface area contributed by atoms with Gasteiger partial charge in [0.15, 0.2) is 11.6 Å². The van der Waals surface area contributed by atoms with Crippen molar-refractivity contribution in [2.24, 2.45) is 0 Å². The summed E-state index contributed by atoms with van der Waals surface area (Å²) in [7, 11) is 0. The van der Waals surface area contributed by atoms with Gasteiger partial charge in [-0.25, -0.2) is 9.97 Å². The molecule has 29 heavy (non-hydrogen) atoms. The molecule has 0 amide bonds. The maximum Gasteiger partial charge on any atom is 0.151 e. The van der Waals surface area contributed by atoms with E-state index in [1.165, 1.54) is 0 Å². The average molecular weight is 392 g/mol. The highest BCUT2D eigenvalue weighted by Gasteiger charge is 2.22. The molecule has 3 aromatic heterocycles. The van der Waals surface area contributed by atoms with E-state index in [0.29, 0.717) is 0 Å². The van der Waals surface area contributed by atoms with Crippen LogP contribution in [0.3, 0.4) is 0 Å². The van der Waals surface area contributed by atoms with Crippen LogP contribution in [0.4, 0.5) is 17.5 Å². The minimum atomic E-state index is 0.749. The number of anilines is 3. The topological polar surface area (TPSA) is 83.4 Å². The smallest absolute Gasteiger partial charge is 0.151 e. The van der Waals surface area contributed by atoms with Crippen molar-refractivity contribution in [2.45, 2.75) is 6.92 Å². The van der Waals surface area contributed by atoms with Crippen LogP contribution >= 0.6 is 0 Å². The summed E-state index contributed by atoms with van der Waals surface area (Å²) < 4.78 is 5.41. The molecule has 3 aromatic rings. The van der Waals surface area contributed by atoms with Gasteiger partial charge in [-0.05, 0) is 25.1 Å². The zero-order valence-electron chi connectivity index (χ0n) is 16.5. The van der Waals surface area contributed by atoms with E-state index < -0.39 is 0 Å². The Kier molecular flexibility index (Phi) is 4.81. The molecule has 0 saturated carbocycles. The van der Waals surface area contributed by atoms with Crippen molar-refractivity contribution in [1.29, 1.82) is 0 Å². The number of aromatic nitrogens is 5. The Morgan fingerprint density at radius 1 is 0.793 bits per heavy atom. The number of ether oxygens (including phenoxy) is 1. The SMILES string of the molecule is Cc1nc(N2CCN(c3ccc(N4CCOCC4)nn3)CC2)c2ccncc2n1. The number of nitrogens with zero attached hydrogens (tertiary/aromatic N) is 8. The highest BCUT2D eigenvalue weighted by Crippen LogP contribution is 2.25. The Morgan fingerprint density at radius 3 is 2.14 bits per heavy atom. The van der Waals surface area contributed by atoms with Crippen molar-refractivity contribution >= 4 is 28.4 Å². The lowest BCUT2D eigenvalue weighted by Gasteiger charge is -2.36. The second-order valence-electron chi connectivity index (χ2n) is 7.31. The van der Waals surface area contributed by atoms with Crippen molar-refractivity contribution < 1.29 is 4.74 Å². The zero-order valence-corrected chi connectivity index (χ0v) is 16.5. The Labute approximate surface area is 169 Å². The lowest BCUT2D eigenvalue weighted by Crippen LogP contribution is -2.47. The van der Waals surface area contributed by atoms with E-state index >= 15 is 0 Å². The molecule has 150 valence electrons. The highest BCUT2D eigenvalue weighted by atomic mass is 16.5. The van der Waals surface area contributed by atoms with Crippen LogP contribution in [-0.2, 0) is 4.74 Å². The fraction of sp³-hybridized carbons (Fsp3) is 0.450. The second-order valence-corrected chi connectivity index (χ2v) is 7.31. The molecule has 9 nitrogen and oxygen atoms in total. The van der Waals surface area contributed by atoms with E-state index in [1.54, 1.807) is 12.4 Å². The molecule has 0 aromatic carbocycles. The van der Waals surface area contributed by atoms with Crippen molar-refractivity contribution in [3.63, 3.8) is 0 Å². The third kappa shape index (κ3) is 3.65. The quantitative estimate of drug-likeness (QED) is 0.654. The molecule has 0 bridgehead atoms. The normalized spacial score (nSPS) is 17.8. The van der Waals surface area contributed by atoms with E-state index in [1.807, 2.05) is 13.0 Å². The van der Waals surface area contributed by atoms with E-state index in [4.69, 9.17) is 9.72 Å². The van der Waals surface area contributed by atoms with Gasteiger partial charge in [-0.2, -0.15) is 0 Å². The number of morpholine rings is 1. The molecule has 0 spiro atoms. The minimum absolute atomic E-state index is 0.749. The van der Waals surface area contributed by atoms with Crippen LogP contribution in [0.25, 0.3) is 10.9 Å². The standard InChI is InChI=1S/C20H24N8O/c1-15-22-17-14-21-5-4-16(17)20(23-15)28-8-6-26(7-9-28)18-2-3-19(25-24-18)27-10-12-29-13-11-27/h2-5,14H,6-13H2,1H3. The molecular formula is C20H24N8O. The summed E-state index contributed by atoms with van der Waals surface area (Å²) in [5.41, 5.74) is 0.891. The number of hydrogen-bond donors (Lipinski definition) is 0. The van der Waals surface area contributed by atoms with Crippen LogP contribution in [0.2, 0.25) is 0 Å². The summed E-state index contributed by atoms with van der Waals surface area (Å²) in [5.74, 6) is 3.61. The fourth-order valence-corrected chi connectivity index (χ4v) is 3.91. The summed E-state index contributed by atoms with van der Waals surface area (Å²) >= 11 is 0. The highest BCUT2D eigenvalue weighted by molar-refractivity contribution is 5.88. The predicted octanol–water partition coefficient (Wildman–Crippen LogP) is 1.29. The van der Waals surface area contributed by atoms with Crippen LogP contribution in [-0.4, -0.2) is 77.6 Å². The first-order chi connectivity index (χ1) is 14.3. The zero-order chi connectivity index (χ0) is 19.6. The van der Waals surface area contributed by atoms with E-state index in [2.05, 4.69) is 47.0 Å². The predicted molar refractivity (Wildman–Crippen MR) is 112 cm³/mol. The van der Waals surface area contributed by atoms with Gasteiger partial charge in [-0.3, -0.25) is 4.98 Å². The lowest BCUT2D eigenvalue weighted by molar-refractivity contribution is 0.122. The van der Waals surface area contributed by atoms with Crippen molar-refractivity contribution in [3.8, 4) is 0 Å². The molecule has 0 N–H and O–H groups in total. The van der Waals surface area contributed by atoms with E-state index in [9.17, 15) is 0 Å². The Balaban J connectivity index is 1.28. The molecule has 2 aliphatic rings. The van der Waals surface area contributed by atoms with Crippen LogP contribution in [0, 0.1) is 6.92 Å². The number of rotatable bonds is 3. The molecular weight excluding hydrogens is 368 g/mol.